The van der Waals surface area contributed by atoms with Crippen LogP contribution in [-0.2, 0) is 19.3 Å². The molecule has 2 N–H and O–H groups in total. The van der Waals surface area contributed by atoms with Crippen molar-refractivity contribution in [2.24, 2.45) is 0 Å². The van der Waals surface area contributed by atoms with Crippen LogP contribution in [0.5, 0.6) is 5.75 Å². The molecule has 1 saturated heterocycles. The van der Waals surface area contributed by atoms with Gasteiger partial charge in [-0.3, -0.25) is 4.79 Å². The van der Waals surface area contributed by atoms with E-state index < -0.39 is 30.4 Å². The third kappa shape index (κ3) is 6.17. The highest BCUT2D eigenvalue weighted by atomic mass is 32.2. The maximum Gasteiger partial charge on any atom is 0.276 e. The van der Waals surface area contributed by atoms with Gasteiger partial charge in [0.1, 0.15) is 11.9 Å². The van der Waals surface area contributed by atoms with Crippen LogP contribution in [-0.4, -0.2) is 51.2 Å². The van der Waals surface area contributed by atoms with Gasteiger partial charge in [-0.2, -0.15) is 4.31 Å². The number of hydrogen-bond acceptors (Lipinski definition) is 6. The molecular formula is C22H30N2O6SSi. The van der Waals surface area contributed by atoms with Gasteiger partial charge in [-0.15, -0.1) is 0 Å². The lowest BCUT2D eigenvalue weighted by Gasteiger charge is -2.32. The summed E-state index contributed by atoms with van der Waals surface area (Å²) in [7, 11) is -5.97. The summed E-state index contributed by atoms with van der Waals surface area (Å²) in [6.07, 6.45) is -0.655. The van der Waals surface area contributed by atoms with Crippen molar-refractivity contribution in [1.29, 1.82) is 0 Å². The Morgan fingerprint density at radius 3 is 2.28 bits per heavy atom. The number of sulfonamides is 1. The molecule has 0 aliphatic carbocycles. The monoisotopic (exact) mass is 478 g/mol. The standard InChI is InChI=1S/C22H30N2O6SSi/c1-32(2,3)30-23-22(26)21(25)19-11-7-8-12-20(19)31(27,28)24-15-13-18(14-16-24)29-17-9-5-4-6-10-17/h4-12,18,21,25H,13-16H2,1-3H3,(H,23,26). The van der Waals surface area contributed by atoms with Gasteiger partial charge >= 0.3 is 0 Å². The van der Waals surface area contributed by atoms with Gasteiger partial charge in [-0.1, -0.05) is 36.4 Å². The first kappa shape index (κ1) is 24.4. The number of nitrogens with zero attached hydrogens (tertiary/aromatic N) is 1. The zero-order chi connectivity index (χ0) is 23.4. The van der Waals surface area contributed by atoms with Crippen molar-refractivity contribution in [2.75, 3.05) is 13.1 Å². The molecule has 1 atom stereocenters. The van der Waals surface area contributed by atoms with E-state index in [2.05, 4.69) is 5.48 Å². The van der Waals surface area contributed by atoms with Crippen molar-refractivity contribution in [1.82, 2.24) is 9.79 Å². The third-order valence-corrected chi connectivity index (χ3v) is 7.67. The molecule has 1 fully saturated rings. The molecule has 2 aromatic rings. The molecule has 1 aliphatic rings. The maximum absolute atomic E-state index is 13.3. The minimum atomic E-state index is -3.91. The molecule has 0 aromatic heterocycles. The van der Waals surface area contributed by atoms with Crippen LogP contribution in [0.1, 0.15) is 24.5 Å². The van der Waals surface area contributed by atoms with Crippen LogP contribution < -0.4 is 10.2 Å². The summed E-state index contributed by atoms with van der Waals surface area (Å²) in [5, 5.41) is 10.6. The van der Waals surface area contributed by atoms with Crippen molar-refractivity contribution < 1.29 is 27.6 Å². The Balaban J connectivity index is 1.70. The highest BCUT2D eigenvalue weighted by Gasteiger charge is 2.34. The molecule has 8 nitrogen and oxygen atoms in total. The predicted octanol–water partition coefficient (Wildman–Crippen LogP) is 2.83. The Bertz CT molecular complexity index is 1020. The van der Waals surface area contributed by atoms with E-state index in [0.29, 0.717) is 12.8 Å². The minimum absolute atomic E-state index is 0.0202. The third-order valence-electron chi connectivity index (χ3n) is 4.98. The molecule has 0 bridgehead atoms. The van der Waals surface area contributed by atoms with Gasteiger partial charge in [0.15, 0.2) is 6.10 Å². The van der Waals surface area contributed by atoms with Crippen molar-refractivity contribution in [3.63, 3.8) is 0 Å². The number of carbonyl (C=O) groups is 1. The average Bonchev–Trinajstić information content (AvgIpc) is 2.77. The van der Waals surface area contributed by atoms with E-state index in [4.69, 9.17) is 9.26 Å². The Morgan fingerprint density at radius 1 is 1.06 bits per heavy atom. The second-order valence-electron chi connectivity index (χ2n) is 8.66. The molecule has 3 rings (SSSR count). The Kier molecular flexibility index (Phi) is 7.73. The quantitative estimate of drug-likeness (QED) is 0.447. The zero-order valence-electron chi connectivity index (χ0n) is 18.5. The number of hydroxylamine groups is 1. The average molecular weight is 479 g/mol. The minimum Gasteiger partial charge on any atom is -0.490 e. The van der Waals surface area contributed by atoms with Gasteiger partial charge in [-0.25, -0.2) is 13.9 Å². The summed E-state index contributed by atoms with van der Waals surface area (Å²) in [6.45, 7) is 6.21. The fraction of sp³-hybridized carbons (Fsp3) is 0.409. The highest BCUT2D eigenvalue weighted by molar-refractivity contribution is 7.89. The van der Waals surface area contributed by atoms with E-state index >= 15 is 0 Å². The smallest absolute Gasteiger partial charge is 0.276 e. The molecule has 174 valence electrons. The number of rotatable bonds is 8. The number of benzene rings is 2. The number of nitrogens with one attached hydrogen (secondary N) is 1. The maximum atomic E-state index is 13.3. The van der Waals surface area contributed by atoms with Crippen LogP contribution in [0, 0.1) is 0 Å². The van der Waals surface area contributed by atoms with E-state index in [1.807, 2.05) is 50.0 Å². The normalized spacial score (nSPS) is 17.0. The summed E-state index contributed by atoms with van der Waals surface area (Å²) in [5.74, 6) is -0.0427. The lowest BCUT2D eigenvalue weighted by Crippen LogP contribution is -2.42. The molecule has 10 heteroatoms. The van der Waals surface area contributed by atoms with Gasteiger partial charge in [0, 0.05) is 18.7 Å². The first-order chi connectivity index (χ1) is 15.1. The number of hydrogen-bond donors (Lipinski definition) is 2. The van der Waals surface area contributed by atoms with Crippen LogP contribution in [0.2, 0.25) is 19.6 Å². The van der Waals surface area contributed by atoms with Crippen LogP contribution in [0.25, 0.3) is 0 Å². The second kappa shape index (κ2) is 10.1. The van der Waals surface area contributed by atoms with Crippen LogP contribution in [0.4, 0.5) is 0 Å². The van der Waals surface area contributed by atoms with E-state index in [1.165, 1.54) is 16.4 Å². The van der Waals surface area contributed by atoms with Gasteiger partial charge < -0.3 is 14.4 Å². The fourth-order valence-corrected chi connectivity index (χ4v) is 5.47. The van der Waals surface area contributed by atoms with Crippen molar-refractivity contribution in [2.45, 2.75) is 49.6 Å². The number of piperidine rings is 1. The summed E-state index contributed by atoms with van der Waals surface area (Å²) in [4.78, 5) is 12.3. The first-order valence-corrected chi connectivity index (χ1v) is 15.4. The number of amides is 1. The Hall–Kier alpha value is -2.24. The lowest BCUT2D eigenvalue weighted by atomic mass is 10.1. The topological polar surface area (TPSA) is 105 Å². The molecule has 1 aliphatic heterocycles. The van der Waals surface area contributed by atoms with Crippen LogP contribution >= 0.6 is 0 Å². The molecule has 32 heavy (non-hydrogen) atoms. The molecule has 0 saturated carbocycles. The van der Waals surface area contributed by atoms with Gasteiger partial charge in [0.25, 0.3) is 5.91 Å². The highest BCUT2D eigenvalue weighted by Crippen LogP contribution is 2.28. The Morgan fingerprint density at radius 2 is 1.66 bits per heavy atom. The van der Waals surface area contributed by atoms with Crippen LogP contribution in [0.15, 0.2) is 59.5 Å². The largest absolute Gasteiger partial charge is 0.490 e. The molecule has 0 spiro atoms. The van der Waals surface area contributed by atoms with Crippen molar-refractivity contribution in [3.8, 4) is 5.75 Å². The SMILES string of the molecule is C[Si](C)(C)ONC(=O)C(O)c1ccccc1S(=O)(=O)N1CCC(Oc2ccccc2)CC1. The molecule has 1 unspecified atom stereocenters. The van der Waals surface area contributed by atoms with Crippen LogP contribution in [0.3, 0.4) is 0 Å². The van der Waals surface area contributed by atoms with Gasteiger partial charge in [-0.05, 0) is 50.7 Å². The van der Waals surface area contributed by atoms with Gasteiger partial charge in [0.2, 0.25) is 18.3 Å². The molecule has 1 amide bonds. The first-order valence-electron chi connectivity index (χ1n) is 10.5. The zero-order valence-corrected chi connectivity index (χ0v) is 20.3. The van der Waals surface area contributed by atoms with E-state index in [0.717, 1.165) is 5.75 Å². The van der Waals surface area contributed by atoms with Crippen molar-refractivity contribution >= 4 is 24.2 Å². The summed E-state index contributed by atoms with van der Waals surface area (Å²) < 4.78 is 39.3. The van der Waals surface area contributed by atoms with E-state index in [1.54, 1.807) is 12.1 Å². The predicted molar refractivity (Wildman–Crippen MR) is 123 cm³/mol. The van der Waals surface area contributed by atoms with E-state index in [-0.39, 0.29) is 29.7 Å². The van der Waals surface area contributed by atoms with Crippen molar-refractivity contribution in [3.05, 3.63) is 60.2 Å². The summed E-state index contributed by atoms with van der Waals surface area (Å²) in [5.41, 5.74) is 2.28. The van der Waals surface area contributed by atoms with E-state index in [9.17, 15) is 18.3 Å². The summed E-state index contributed by atoms with van der Waals surface area (Å²) >= 11 is 0. The van der Waals surface area contributed by atoms with Gasteiger partial charge in [0.05, 0.1) is 4.90 Å². The number of para-hydroxylation sites is 1. The number of aliphatic hydroxyl groups excluding tert-OH is 1. The molecular weight excluding hydrogens is 448 g/mol. The number of ether oxygens (including phenoxy) is 1. The Labute approximate surface area is 190 Å². The molecule has 1 heterocycles. The second-order valence-corrected chi connectivity index (χ2v) is 15.0. The molecule has 0 radical (unpaired) electrons. The number of carbonyl (C=O) groups excluding carboxylic acids is 1. The molecule has 2 aromatic carbocycles. The number of aliphatic hydroxyl groups is 1. The lowest BCUT2D eigenvalue weighted by molar-refractivity contribution is -0.137. The fourth-order valence-electron chi connectivity index (χ4n) is 3.36. The summed E-state index contributed by atoms with van der Waals surface area (Å²) in [6, 6.07) is 15.4.